The number of carboxylic acid groups (broad SMARTS) is 1. The number of alkyl carbamates (subject to hydrolysis) is 1. The molecule has 0 radical (unpaired) electrons. The molecule has 0 aromatic heterocycles. The predicted molar refractivity (Wildman–Crippen MR) is 112 cm³/mol. The SMILES string of the molecule is CC(C)[C@H](NCCCNC(=O)OCC1c2ccccc2-c2ccccc21)C(=O)O. The molecule has 2 aromatic carbocycles. The van der Waals surface area contributed by atoms with Gasteiger partial charge in [-0.3, -0.25) is 4.79 Å². The topological polar surface area (TPSA) is 87.7 Å². The Bertz CT molecular complexity index is 820. The van der Waals surface area contributed by atoms with Crippen LogP contribution in [0.25, 0.3) is 11.1 Å². The van der Waals surface area contributed by atoms with Gasteiger partial charge in [-0.15, -0.1) is 0 Å². The molecule has 154 valence electrons. The maximum Gasteiger partial charge on any atom is 0.407 e. The van der Waals surface area contributed by atoms with Crippen LogP contribution in [0.5, 0.6) is 0 Å². The van der Waals surface area contributed by atoms with Crippen LogP contribution in [-0.4, -0.2) is 42.9 Å². The van der Waals surface area contributed by atoms with Gasteiger partial charge in [-0.2, -0.15) is 0 Å². The molecule has 0 unspecified atom stereocenters. The molecule has 2 aromatic rings. The Kier molecular flexibility index (Phi) is 6.88. The Labute approximate surface area is 171 Å². The highest BCUT2D eigenvalue weighted by atomic mass is 16.5. The lowest BCUT2D eigenvalue weighted by atomic mass is 9.98. The van der Waals surface area contributed by atoms with E-state index in [1.54, 1.807) is 0 Å². The molecular formula is C23H28N2O4. The number of rotatable bonds is 9. The molecule has 0 saturated carbocycles. The van der Waals surface area contributed by atoms with E-state index in [1.165, 1.54) is 22.3 Å². The summed E-state index contributed by atoms with van der Waals surface area (Å²) in [6, 6.07) is 15.8. The van der Waals surface area contributed by atoms with Crippen molar-refractivity contribution in [2.45, 2.75) is 32.2 Å². The average molecular weight is 396 g/mol. The van der Waals surface area contributed by atoms with Crippen LogP contribution in [-0.2, 0) is 9.53 Å². The van der Waals surface area contributed by atoms with Crippen LogP contribution in [0, 0.1) is 5.92 Å². The van der Waals surface area contributed by atoms with Crippen molar-refractivity contribution < 1.29 is 19.4 Å². The van der Waals surface area contributed by atoms with Crippen molar-refractivity contribution in [1.29, 1.82) is 0 Å². The molecule has 6 nitrogen and oxygen atoms in total. The summed E-state index contributed by atoms with van der Waals surface area (Å²) in [6.45, 7) is 4.95. The molecule has 1 aliphatic rings. The fraction of sp³-hybridized carbons (Fsp3) is 0.391. The Morgan fingerprint density at radius 3 is 2.14 bits per heavy atom. The van der Waals surface area contributed by atoms with Gasteiger partial charge in [-0.1, -0.05) is 62.4 Å². The van der Waals surface area contributed by atoms with Gasteiger partial charge in [-0.25, -0.2) is 4.79 Å². The fourth-order valence-electron chi connectivity index (χ4n) is 3.79. The molecule has 3 N–H and O–H groups in total. The number of hydrogen-bond acceptors (Lipinski definition) is 4. The quantitative estimate of drug-likeness (QED) is 0.564. The van der Waals surface area contributed by atoms with Crippen LogP contribution < -0.4 is 10.6 Å². The van der Waals surface area contributed by atoms with Crippen LogP contribution in [0.3, 0.4) is 0 Å². The lowest BCUT2D eigenvalue weighted by molar-refractivity contribution is -0.140. The highest BCUT2D eigenvalue weighted by molar-refractivity contribution is 5.79. The standard InChI is InChI=1S/C23H28N2O4/c1-15(2)21(22(26)27)24-12-7-13-25-23(28)29-14-20-18-10-5-3-8-16(18)17-9-4-6-11-19(17)20/h3-6,8-11,15,20-21,24H,7,12-14H2,1-2H3,(H,25,28)(H,26,27)/t21-/m0/s1. The molecule has 0 saturated heterocycles. The third kappa shape index (κ3) is 4.95. The van der Waals surface area contributed by atoms with Crippen LogP contribution in [0.4, 0.5) is 4.79 Å². The smallest absolute Gasteiger partial charge is 0.407 e. The second-order valence-electron chi connectivity index (χ2n) is 7.62. The average Bonchev–Trinajstić information content (AvgIpc) is 3.02. The first-order valence-electron chi connectivity index (χ1n) is 10.0. The molecule has 0 fully saturated rings. The number of aliphatic carboxylic acids is 1. The third-order valence-electron chi connectivity index (χ3n) is 5.26. The van der Waals surface area contributed by atoms with E-state index in [2.05, 4.69) is 34.9 Å². The predicted octanol–water partition coefficient (Wildman–Crippen LogP) is 3.61. The fourth-order valence-corrected chi connectivity index (χ4v) is 3.79. The van der Waals surface area contributed by atoms with Gasteiger partial charge in [0.05, 0.1) is 0 Å². The molecule has 0 spiro atoms. The number of fused-ring (bicyclic) bond motifs is 3. The normalized spacial score (nSPS) is 13.6. The Hall–Kier alpha value is -2.86. The summed E-state index contributed by atoms with van der Waals surface area (Å²) in [5, 5.41) is 14.9. The van der Waals surface area contributed by atoms with Crippen LogP contribution in [0.1, 0.15) is 37.3 Å². The van der Waals surface area contributed by atoms with E-state index in [4.69, 9.17) is 9.84 Å². The third-order valence-corrected chi connectivity index (χ3v) is 5.26. The maximum atomic E-state index is 12.1. The van der Waals surface area contributed by atoms with Crippen molar-refractivity contribution >= 4 is 12.1 Å². The Balaban J connectivity index is 1.45. The number of carbonyl (C=O) groups excluding carboxylic acids is 1. The summed E-state index contributed by atoms with van der Waals surface area (Å²) in [6.07, 6.45) is 0.172. The number of carboxylic acids is 1. The van der Waals surface area contributed by atoms with E-state index in [0.717, 1.165) is 0 Å². The molecule has 0 aliphatic heterocycles. The molecule has 1 amide bonds. The first kappa shape index (κ1) is 20.9. The van der Waals surface area contributed by atoms with Gasteiger partial charge < -0.3 is 20.5 Å². The first-order chi connectivity index (χ1) is 14.0. The van der Waals surface area contributed by atoms with Crippen molar-refractivity contribution in [2.75, 3.05) is 19.7 Å². The zero-order valence-corrected chi connectivity index (χ0v) is 16.9. The zero-order chi connectivity index (χ0) is 20.8. The molecule has 0 bridgehead atoms. The Morgan fingerprint density at radius 1 is 1.00 bits per heavy atom. The minimum atomic E-state index is -0.857. The van der Waals surface area contributed by atoms with Crippen LogP contribution in [0.15, 0.2) is 48.5 Å². The highest BCUT2D eigenvalue weighted by Crippen LogP contribution is 2.44. The molecule has 0 heterocycles. The number of nitrogens with one attached hydrogen (secondary N) is 2. The van der Waals surface area contributed by atoms with E-state index in [9.17, 15) is 9.59 Å². The summed E-state index contributed by atoms with van der Waals surface area (Å²) in [7, 11) is 0. The number of amides is 1. The van der Waals surface area contributed by atoms with E-state index in [0.29, 0.717) is 19.5 Å². The van der Waals surface area contributed by atoms with Gasteiger partial charge in [-0.05, 0) is 41.1 Å². The zero-order valence-electron chi connectivity index (χ0n) is 16.9. The number of ether oxygens (including phenoxy) is 1. The van der Waals surface area contributed by atoms with Gasteiger partial charge in [0.2, 0.25) is 0 Å². The van der Waals surface area contributed by atoms with Crippen molar-refractivity contribution in [3.63, 3.8) is 0 Å². The Morgan fingerprint density at radius 2 is 1.59 bits per heavy atom. The molecule has 6 heteroatoms. The molecular weight excluding hydrogens is 368 g/mol. The van der Waals surface area contributed by atoms with E-state index < -0.39 is 18.1 Å². The van der Waals surface area contributed by atoms with Crippen molar-refractivity contribution in [2.24, 2.45) is 5.92 Å². The molecule has 3 rings (SSSR count). The molecule has 1 aliphatic carbocycles. The summed E-state index contributed by atoms with van der Waals surface area (Å²) in [4.78, 5) is 23.2. The van der Waals surface area contributed by atoms with E-state index in [-0.39, 0.29) is 18.4 Å². The molecule has 29 heavy (non-hydrogen) atoms. The summed E-state index contributed by atoms with van der Waals surface area (Å²) < 4.78 is 5.48. The van der Waals surface area contributed by atoms with Gasteiger partial charge in [0.25, 0.3) is 0 Å². The monoisotopic (exact) mass is 396 g/mol. The second kappa shape index (κ2) is 9.56. The largest absolute Gasteiger partial charge is 0.480 e. The number of hydrogen-bond donors (Lipinski definition) is 3. The minimum absolute atomic E-state index is 0.00240. The highest BCUT2D eigenvalue weighted by Gasteiger charge is 2.29. The van der Waals surface area contributed by atoms with Crippen molar-refractivity contribution in [1.82, 2.24) is 10.6 Å². The summed E-state index contributed by atoms with van der Waals surface area (Å²) in [5.74, 6) is -0.815. The maximum absolute atomic E-state index is 12.1. The first-order valence-corrected chi connectivity index (χ1v) is 10.0. The van der Waals surface area contributed by atoms with E-state index in [1.807, 2.05) is 38.1 Å². The minimum Gasteiger partial charge on any atom is -0.480 e. The van der Waals surface area contributed by atoms with Crippen molar-refractivity contribution in [3.8, 4) is 11.1 Å². The van der Waals surface area contributed by atoms with Crippen molar-refractivity contribution in [3.05, 3.63) is 59.7 Å². The summed E-state index contributed by atoms with van der Waals surface area (Å²) >= 11 is 0. The molecule has 1 atom stereocenters. The number of carbonyl (C=O) groups is 2. The van der Waals surface area contributed by atoms with Gasteiger partial charge >= 0.3 is 12.1 Å². The van der Waals surface area contributed by atoms with Crippen LogP contribution in [0.2, 0.25) is 0 Å². The lowest BCUT2D eigenvalue weighted by Crippen LogP contribution is -2.42. The second-order valence-corrected chi connectivity index (χ2v) is 7.62. The van der Waals surface area contributed by atoms with E-state index >= 15 is 0 Å². The summed E-state index contributed by atoms with van der Waals surface area (Å²) in [5.41, 5.74) is 4.75. The van der Waals surface area contributed by atoms with Gasteiger partial charge in [0.1, 0.15) is 12.6 Å². The van der Waals surface area contributed by atoms with Crippen LogP contribution >= 0.6 is 0 Å². The van der Waals surface area contributed by atoms with Gasteiger partial charge in [0.15, 0.2) is 0 Å². The lowest BCUT2D eigenvalue weighted by Gasteiger charge is -2.18. The number of benzene rings is 2. The van der Waals surface area contributed by atoms with Gasteiger partial charge in [0, 0.05) is 12.5 Å².